The van der Waals surface area contributed by atoms with Crippen LogP contribution >= 0.6 is 0 Å². The van der Waals surface area contributed by atoms with Crippen molar-refractivity contribution in [3.63, 3.8) is 0 Å². The topological polar surface area (TPSA) is 46.2 Å². The third kappa shape index (κ3) is 2.08. The maximum Gasteiger partial charge on any atom is 0.187 e. The zero-order valence-corrected chi connectivity index (χ0v) is 11.6. The standard InChI is InChI=1S/C13H22O5/c1-7-9(8-6-14-12(2,3)16-8)15-11-10(7)17-13(4,5)18-11/h7-11H,6H2,1-5H3/t7?,8-,9?,10-,11-/m1/s1. The van der Waals surface area contributed by atoms with E-state index in [1.807, 2.05) is 27.7 Å². The lowest BCUT2D eigenvalue weighted by molar-refractivity contribution is -0.226. The molecule has 3 aliphatic heterocycles. The Hall–Kier alpha value is -0.200. The van der Waals surface area contributed by atoms with Crippen LogP contribution in [-0.2, 0) is 23.7 Å². The minimum atomic E-state index is -0.555. The van der Waals surface area contributed by atoms with Gasteiger partial charge in [-0.05, 0) is 27.7 Å². The van der Waals surface area contributed by atoms with Crippen molar-refractivity contribution < 1.29 is 23.7 Å². The highest BCUT2D eigenvalue weighted by molar-refractivity contribution is 4.95. The van der Waals surface area contributed by atoms with E-state index in [-0.39, 0.29) is 30.5 Å². The van der Waals surface area contributed by atoms with Crippen molar-refractivity contribution in [2.24, 2.45) is 5.92 Å². The van der Waals surface area contributed by atoms with Gasteiger partial charge >= 0.3 is 0 Å². The van der Waals surface area contributed by atoms with E-state index in [4.69, 9.17) is 23.7 Å². The molecule has 0 bridgehead atoms. The molecule has 3 heterocycles. The van der Waals surface area contributed by atoms with Crippen molar-refractivity contribution in [3.05, 3.63) is 0 Å². The van der Waals surface area contributed by atoms with Gasteiger partial charge in [0.05, 0.1) is 12.7 Å². The largest absolute Gasteiger partial charge is 0.348 e. The Labute approximate surface area is 108 Å². The predicted octanol–water partition coefficient (Wildman–Crippen LogP) is 1.65. The summed E-state index contributed by atoms with van der Waals surface area (Å²) in [5.41, 5.74) is 0. The van der Waals surface area contributed by atoms with Gasteiger partial charge in [-0.3, -0.25) is 0 Å². The zero-order chi connectivity index (χ0) is 13.1. The van der Waals surface area contributed by atoms with Crippen LogP contribution in [0.3, 0.4) is 0 Å². The van der Waals surface area contributed by atoms with Gasteiger partial charge in [0.15, 0.2) is 17.9 Å². The molecule has 0 N–H and O–H groups in total. The van der Waals surface area contributed by atoms with Gasteiger partial charge < -0.3 is 23.7 Å². The van der Waals surface area contributed by atoms with Gasteiger partial charge in [0.1, 0.15) is 12.2 Å². The summed E-state index contributed by atoms with van der Waals surface area (Å²) in [5.74, 6) is -0.841. The van der Waals surface area contributed by atoms with E-state index in [1.165, 1.54) is 0 Å². The Bertz CT molecular complexity index is 340. The second-order valence-corrected chi connectivity index (χ2v) is 6.30. The molecule has 0 radical (unpaired) electrons. The first-order valence-corrected chi connectivity index (χ1v) is 6.60. The highest BCUT2D eigenvalue weighted by atomic mass is 16.8. The van der Waals surface area contributed by atoms with Crippen LogP contribution in [0.25, 0.3) is 0 Å². The van der Waals surface area contributed by atoms with E-state index in [0.717, 1.165) is 0 Å². The lowest BCUT2D eigenvalue weighted by atomic mass is 9.97. The summed E-state index contributed by atoms with van der Waals surface area (Å²) >= 11 is 0. The molecule has 0 aromatic carbocycles. The van der Waals surface area contributed by atoms with E-state index in [2.05, 4.69) is 6.92 Å². The van der Waals surface area contributed by atoms with Crippen LogP contribution in [0.5, 0.6) is 0 Å². The Morgan fingerprint density at radius 3 is 2.17 bits per heavy atom. The van der Waals surface area contributed by atoms with Crippen LogP contribution in [0.2, 0.25) is 0 Å². The molecular weight excluding hydrogens is 236 g/mol. The summed E-state index contributed by atoms with van der Waals surface area (Å²) < 4.78 is 29.0. The molecule has 18 heavy (non-hydrogen) atoms. The summed E-state index contributed by atoms with van der Waals surface area (Å²) in [6, 6.07) is 0. The van der Waals surface area contributed by atoms with Crippen LogP contribution in [0, 0.1) is 5.92 Å². The first-order chi connectivity index (χ1) is 8.27. The third-order valence-electron chi connectivity index (χ3n) is 3.81. The fourth-order valence-corrected chi connectivity index (χ4v) is 2.99. The van der Waals surface area contributed by atoms with Gasteiger partial charge in [-0.25, -0.2) is 0 Å². The summed E-state index contributed by atoms with van der Waals surface area (Å²) in [6.07, 6.45) is -0.376. The van der Waals surface area contributed by atoms with Gasteiger partial charge in [0, 0.05) is 5.92 Å². The molecule has 3 rings (SSSR count). The van der Waals surface area contributed by atoms with Gasteiger partial charge in [0.2, 0.25) is 0 Å². The molecule has 0 spiro atoms. The third-order valence-corrected chi connectivity index (χ3v) is 3.81. The Morgan fingerprint density at radius 1 is 0.889 bits per heavy atom. The van der Waals surface area contributed by atoms with Crippen LogP contribution in [0.4, 0.5) is 0 Å². The molecule has 0 aromatic rings. The molecular formula is C13H22O5. The molecule has 3 saturated heterocycles. The molecule has 2 unspecified atom stereocenters. The predicted molar refractivity (Wildman–Crippen MR) is 62.8 cm³/mol. The molecule has 5 nitrogen and oxygen atoms in total. The lowest BCUT2D eigenvalue weighted by Gasteiger charge is -2.27. The minimum absolute atomic E-state index is 0.0164. The van der Waals surface area contributed by atoms with Crippen molar-refractivity contribution in [2.45, 2.75) is 70.8 Å². The van der Waals surface area contributed by atoms with Crippen LogP contribution in [-0.4, -0.2) is 42.8 Å². The lowest BCUT2D eigenvalue weighted by Crippen LogP contribution is -2.37. The molecule has 0 aromatic heterocycles. The molecule has 3 fully saturated rings. The first-order valence-electron chi connectivity index (χ1n) is 6.60. The number of hydrogen-bond donors (Lipinski definition) is 0. The Balaban J connectivity index is 1.68. The van der Waals surface area contributed by atoms with Gasteiger partial charge in [0.25, 0.3) is 0 Å². The smallest absolute Gasteiger partial charge is 0.187 e. The second kappa shape index (κ2) is 3.90. The fourth-order valence-electron chi connectivity index (χ4n) is 2.99. The molecule has 0 saturated carbocycles. The van der Waals surface area contributed by atoms with Gasteiger partial charge in [-0.15, -0.1) is 0 Å². The van der Waals surface area contributed by atoms with Crippen molar-refractivity contribution in [3.8, 4) is 0 Å². The van der Waals surface area contributed by atoms with E-state index in [0.29, 0.717) is 6.61 Å². The quantitative estimate of drug-likeness (QED) is 0.715. The van der Waals surface area contributed by atoms with Crippen molar-refractivity contribution in [2.75, 3.05) is 6.61 Å². The molecule has 104 valence electrons. The number of fused-ring (bicyclic) bond motifs is 1. The maximum absolute atomic E-state index is 5.96. The molecule has 5 heteroatoms. The van der Waals surface area contributed by atoms with Crippen LogP contribution in [0.15, 0.2) is 0 Å². The van der Waals surface area contributed by atoms with E-state index >= 15 is 0 Å². The zero-order valence-electron chi connectivity index (χ0n) is 11.6. The van der Waals surface area contributed by atoms with Gasteiger partial charge in [-0.2, -0.15) is 0 Å². The first kappa shape index (κ1) is 12.8. The van der Waals surface area contributed by atoms with Crippen molar-refractivity contribution >= 4 is 0 Å². The highest BCUT2D eigenvalue weighted by Crippen LogP contribution is 2.43. The van der Waals surface area contributed by atoms with Gasteiger partial charge in [-0.1, -0.05) is 6.92 Å². The monoisotopic (exact) mass is 258 g/mol. The molecule has 3 aliphatic rings. The number of rotatable bonds is 1. The molecule has 0 amide bonds. The summed E-state index contributed by atoms with van der Waals surface area (Å²) in [4.78, 5) is 0. The summed E-state index contributed by atoms with van der Waals surface area (Å²) in [5, 5.41) is 0. The Morgan fingerprint density at radius 2 is 1.61 bits per heavy atom. The van der Waals surface area contributed by atoms with E-state index in [9.17, 15) is 0 Å². The Kier molecular flexibility index (Phi) is 2.78. The van der Waals surface area contributed by atoms with Crippen LogP contribution in [0.1, 0.15) is 34.6 Å². The summed E-state index contributed by atoms with van der Waals surface area (Å²) in [6.45, 7) is 10.3. The maximum atomic E-state index is 5.96. The normalized spacial score (nSPS) is 49.5. The average molecular weight is 258 g/mol. The average Bonchev–Trinajstić information content (AvgIpc) is 2.81. The minimum Gasteiger partial charge on any atom is -0.348 e. The van der Waals surface area contributed by atoms with E-state index in [1.54, 1.807) is 0 Å². The fraction of sp³-hybridized carbons (Fsp3) is 1.00. The second-order valence-electron chi connectivity index (χ2n) is 6.30. The molecule has 5 atom stereocenters. The number of hydrogen-bond acceptors (Lipinski definition) is 5. The summed E-state index contributed by atoms with van der Waals surface area (Å²) in [7, 11) is 0. The SMILES string of the molecule is CC1C([C@H]2COC(C)(C)O2)O[C@@H]2OC(C)(C)O[C@H]12. The van der Waals surface area contributed by atoms with Crippen molar-refractivity contribution in [1.29, 1.82) is 0 Å². The highest BCUT2D eigenvalue weighted by Gasteiger charge is 2.56. The number of ether oxygens (including phenoxy) is 5. The van der Waals surface area contributed by atoms with Crippen molar-refractivity contribution in [1.82, 2.24) is 0 Å². The van der Waals surface area contributed by atoms with Crippen LogP contribution < -0.4 is 0 Å². The van der Waals surface area contributed by atoms with E-state index < -0.39 is 11.6 Å². The molecule has 0 aliphatic carbocycles.